The Morgan fingerprint density at radius 3 is 2.63 bits per heavy atom. The van der Waals surface area contributed by atoms with Crippen molar-refractivity contribution >= 4 is 34.4 Å². The number of hydrogen-bond donors (Lipinski definition) is 4. The van der Waals surface area contributed by atoms with E-state index in [0.717, 1.165) is 41.5 Å². The van der Waals surface area contributed by atoms with Crippen LogP contribution in [0.2, 0.25) is 5.15 Å². The van der Waals surface area contributed by atoms with Gasteiger partial charge in [-0.15, -0.1) is 0 Å². The van der Waals surface area contributed by atoms with Gasteiger partial charge >= 0.3 is 0 Å². The van der Waals surface area contributed by atoms with Gasteiger partial charge < -0.3 is 22.9 Å². The van der Waals surface area contributed by atoms with Gasteiger partial charge in [-0.2, -0.15) is 0 Å². The van der Waals surface area contributed by atoms with Gasteiger partial charge in [-0.25, -0.2) is 4.98 Å². The summed E-state index contributed by atoms with van der Waals surface area (Å²) in [5, 5.41) is 0.424. The highest BCUT2D eigenvalue weighted by Crippen LogP contribution is 2.22. The maximum atomic E-state index is 6.09. The first-order chi connectivity index (χ1) is 14.3. The average molecular weight is 428 g/mol. The second kappa shape index (κ2) is 11.2. The van der Waals surface area contributed by atoms with Gasteiger partial charge in [0.05, 0.1) is 16.9 Å². The second-order valence-electron chi connectivity index (χ2n) is 7.09. The third kappa shape index (κ3) is 6.49. The van der Waals surface area contributed by atoms with Crippen molar-refractivity contribution in [3.05, 3.63) is 64.5 Å². The minimum Gasteiger partial charge on any atom is -0.404 e. The van der Waals surface area contributed by atoms with Gasteiger partial charge in [0, 0.05) is 35.8 Å². The van der Waals surface area contributed by atoms with E-state index in [2.05, 4.69) is 21.9 Å². The fourth-order valence-electron chi connectivity index (χ4n) is 3.22. The molecule has 2 aromatic heterocycles. The predicted molar refractivity (Wildman–Crippen MR) is 126 cm³/mol. The molecule has 0 saturated carbocycles. The molecule has 0 radical (unpaired) electrons. The van der Waals surface area contributed by atoms with Gasteiger partial charge in [0.25, 0.3) is 0 Å². The summed E-state index contributed by atoms with van der Waals surface area (Å²) in [6.45, 7) is 4.62. The van der Waals surface area contributed by atoms with Crippen molar-refractivity contribution in [3.63, 3.8) is 0 Å². The van der Waals surface area contributed by atoms with Crippen LogP contribution >= 0.6 is 11.6 Å². The summed E-state index contributed by atoms with van der Waals surface area (Å²) in [5.74, 6) is 0.551. The third-order valence-corrected chi connectivity index (χ3v) is 5.00. The molecule has 8 heteroatoms. The molecule has 0 amide bonds. The van der Waals surface area contributed by atoms with Crippen LogP contribution in [-0.4, -0.2) is 22.7 Å². The Morgan fingerprint density at radius 2 is 2.00 bits per heavy atom. The fraction of sp³-hybridized carbons (Fsp3) is 0.318. The molecular formula is C22H30ClN7. The Labute approximate surface area is 182 Å². The van der Waals surface area contributed by atoms with Crippen LogP contribution < -0.4 is 22.9 Å². The number of halogens is 1. The molecule has 2 heterocycles. The lowest BCUT2D eigenvalue weighted by Crippen LogP contribution is -2.12. The van der Waals surface area contributed by atoms with E-state index in [1.165, 1.54) is 0 Å². The maximum absolute atomic E-state index is 6.09. The monoisotopic (exact) mass is 427 g/mol. The standard InChI is InChI=1S/C22H30ClN7/c1-3-15(16(11-24)10-22(26)27)5-4-8-28-13-18(14(2)25)17-9-20-19(29-12-17)6-7-21(23)30-20/h6-7,9-13,15H,3-5,8,24-27H2,1-2H3/b16-11+,18-14?,28-13?. The van der Waals surface area contributed by atoms with Gasteiger partial charge in [-0.05, 0) is 68.2 Å². The minimum atomic E-state index is 0.260. The first-order valence-corrected chi connectivity index (χ1v) is 10.3. The van der Waals surface area contributed by atoms with Crippen LogP contribution in [0.15, 0.2) is 58.8 Å². The van der Waals surface area contributed by atoms with Crippen molar-refractivity contribution in [2.24, 2.45) is 33.8 Å². The summed E-state index contributed by atoms with van der Waals surface area (Å²) in [6.07, 6.45) is 9.63. The lowest BCUT2D eigenvalue weighted by atomic mass is 9.92. The van der Waals surface area contributed by atoms with Gasteiger partial charge in [0.2, 0.25) is 0 Å². The van der Waals surface area contributed by atoms with E-state index >= 15 is 0 Å². The van der Waals surface area contributed by atoms with Gasteiger partial charge in [0.1, 0.15) is 5.15 Å². The van der Waals surface area contributed by atoms with Gasteiger partial charge in [0.15, 0.2) is 0 Å². The Hall–Kier alpha value is -3.06. The molecule has 0 fully saturated rings. The number of aromatic nitrogens is 2. The van der Waals surface area contributed by atoms with Crippen molar-refractivity contribution in [2.75, 3.05) is 6.54 Å². The molecule has 7 nitrogen and oxygen atoms in total. The van der Waals surface area contributed by atoms with Crippen molar-refractivity contribution in [3.8, 4) is 0 Å². The van der Waals surface area contributed by atoms with Crippen molar-refractivity contribution in [2.45, 2.75) is 33.1 Å². The Bertz CT molecular complexity index is 984. The lowest BCUT2D eigenvalue weighted by Gasteiger charge is -2.15. The highest BCUT2D eigenvalue weighted by atomic mass is 35.5. The second-order valence-corrected chi connectivity index (χ2v) is 7.47. The van der Waals surface area contributed by atoms with E-state index in [9.17, 15) is 0 Å². The molecule has 2 rings (SSSR count). The normalized spacial score (nSPS) is 14.0. The third-order valence-electron chi connectivity index (χ3n) is 4.79. The first-order valence-electron chi connectivity index (χ1n) is 9.89. The van der Waals surface area contributed by atoms with Crippen LogP contribution in [0.3, 0.4) is 0 Å². The zero-order chi connectivity index (χ0) is 22.1. The van der Waals surface area contributed by atoms with Crippen molar-refractivity contribution < 1.29 is 0 Å². The van der Waals surface area contributed by atoms with Crippen LogP contribution in [0.1, 0.15) is 38.7 Å². The van der Waals surface area contributed by atoms with Crippen LogP contribution in [-0.2, 0) is 0 Å². The first kappa shape index (κ1) is 23.2. The van der Waals surface area contributed by atoms with E-state index in [4.69, 9.17) is 34.5 Å². The molecule has 160 valence electrons. The summed E-state index contributed by atoms with van der Waals surface area (Å²) in [5.41, 5.74) is 27.8. The molecule has 0 aromatic carbocycles. The average Bonchev–Trinajstić information content (AvgIpc) is 2.71. The molecular weight excluding hydrogens is 398 g/mol. The molecule has 1 unspecified atom stereocenters. The molecule has 1 atom stereocenters. The summed E-state index contributed by atoms with van der Waals surface area (Å²) >= 11 is 6.00. The molecule has 0 aliphatic rings. The van der Waals surface area contributed by atoms with E-state index in [-0.39, 0.29) is 5.82 Å². The Morgan fingerprint density at radius 1 is 1.23 bits per heavy atom. The highest BCUT2D eigenvalue weighted by Gasteiger charge is 2.10. The number of fused-ring (bicyclic) bond motifs is 1. The predicted octanol–water partition coefficient (Wildman–Crippen LogP) is 3.45. The SMILES string of the molecule is CCC(CCCN=CC(=C(C)N)c1cnc2ccc(Cl)nc2c1)/C(C=C(N)N)=C/N. The lowest BCUT2D eigenvalue weighted by molar-refractivity contribution is 0.531. The number of nitrogens with zero attached hydrogens (tertiary/aromatic N) is 3. The minimum absolute atomic E-state index is 0.260. The van der Waals surface area contributed by atoms with Crippen molar-refractivity contribution in [1.82, 2.24) is 9.97 Å². The number of pyridine rings is 2. The largest absolute Gasteiger partial charge is 0.404 e. The van der Waals surface area contributed by atoms with E-state index in [0.29, 0.717) is 28.8 Å². The summed E-state index contributed by atoms with van der Waals surface area (Å²) in [6, 6.07) is 5.47. The summed E-state index contributed by atoms with van der Waals surface area (Å²) < 4.78 is 0. The number of nitrogens with two attached hydrogens (primary N) is 4. The zero-order valence-corrected chi connectivity index (χ0v) is 18.2. The molecule has 30 heavy (non-hydrogen) atoms. The Balaban J connectivity index is 2.06. The number of rotatable bonds is 9. The maximum Gasteiger partial charge on any atom is 0.129 e. The topological polar surface area (TPSA) is 142 Å². The molecule has 0 spiro atoms. The summed E-state index contributed by atoms with van der Waals surface area (Å²) in [4.78, 5) is 13.3. The smallest absolute Gasteiger partial charge is 0.129 e. The van der Waals surface area contributed by atoms with Crippen LogP contribution in [0.25, 0.3) is 16.6 Å². The summed E-state index contributed by atoms with van der Waals surface area (Å²) in [7, 11) is 0. The molecule has 0 aliphatic carbocycles. The van der Waals surface area contributed by atoms with Crippen LogP contribution in [0.5, 0.6) is 0 Å². The number of allylic oxidation sites excluding steroid dienone is 4. The molecule has 0 aliphatic heterocycles. The fourth-order valence-corrected chi connectivity index (χ4v) is 3.37. The highest BCUT2D eigenvalue weighted by molar-refractivity contribution is 6.29. The van der Waals surface area contributed by atoms with Crippen molar-refractivity contribution in [1.29, 1.82) is 0 Å². The van der Waals surface area contributed by atoms with E-state index in [1.54, 1.807) is 30.8 Å². The molecule has 0 bridgehead atoms. The molecule has 2 aromatic rings. The van der Waals surface area contributed by atoms with Gasteiger partial charge in [-0.1, -0.05) is 18.5 Å². The molecule has 8 N–H and O–H groups in total. The number of hydrogen-bond acceptors (Lipinski definition) is 7. The molecule has 0 saturated heterocycles. The van der Waals surface area contributed by atoms with Crippen LogP contribution in [0, 0.1) is 5.92 Å². The van der Waals surface area contributed by atoms with E-state index < -0.39 is 0 Å². The van der Waals surface area contributed by atoms with Gasteiger partial charge in [-0.3, -0.25) is 9.98 Å². The zero-order valence-electron chi connectivity index (χ0n) is 17.5. The Kier molecular flexibility index (Phi) is 8.68. The quantitative estimate of drug-likeness (QED) is 0.209. The van der Waals surface area contributed by atoms with E-state index in [1.807, 2.05) is 19.1 Å². The number of aliphatic imine (C=N–C) groups is 1. The van der Waals surface area contributed by atoms with Crippen LogP contribution in [0.4, 0.5) is 0 Å².